The zero-order valence-corrected chi connectivity index (χ0v) is 24.7. The summed E-state index contributed by atoms with van der Waals surface area (Å²) in [6.07, 6.45) is 3.36. The maximum absolute atomic E-state index is 13.7. The van der Waals surface area contributed by atoms with Gasteiger partial charge in [-0.2, -0.15) is 0 Å². The van der Waals surface area contributed by atoms with Gasteiger partial charge in [0.05, 0.1) is 16.9 Å². The maximum atomic E-state index is 13.7. The number of aryl methyl sites for hydroxylation is 1. The molecule has 0 bridgehead atoms. The molecule has 226 valence electrons. The standard InChI is InChI=1S/C34H33FN4O5/c1-18-12-22-13-21(14-25(28(22)37-16-18)38-31(41)20-4-5-20)26(40)10-11-34(3,43)27-15-24-30(44-17-33(24,2)32(36)42)29(39-27)19-6-8-23(35)9-7-19/h6-9,12-16,20,43H,4-5,10-11,17H2,1-3H3,(H2,36,42)(H,38,41)/t33-,34-/m0/s1. The van der Waals surface area contributed by atoms with Crippen LogP contribution >= 0.6 is 0 Å². The molecule has 2 amide bonds. The van der Waals surface area contributed by atoms with E-state index in [2.05, 4.69) is 10.3 Å². The number of nitrogens with two attached hydrogens (primary N) is 1. The van der Waals surface area contributed by atoms with Crippen molar-refractivity contribution in [3.8, 4) is 17.0 Å². The van der Waals surface area contributed by atoms with Gasteiger partial charge in [0, 0.05) is 40.6 Å². The Balaban J connectivity index is 1.32. The molecule has 2 atom stereocenters. The number of halogens is 1. The van der Waals surface area contributed by atoms with Gasteiger partial charge in [-0.15, -0.1) is 0 Å². The van der Waals surface area contributed by atoms with E-state index in [0.717, 1.165) is 23.8 Å². The topological polar surface area (TPSA) is 144 Å². The van der Waals surface area contributed by atoms with Crippen molar-refractivity contribution >= 4 is 34.2 Å². The van der Waals surface area contributed by atoms with Crippen LogP contribution in [0.5, 0.6) is 5.75 Å². The zero-order valence-electron chi connectivity index (χ0n) is 24.7. The lowest BCUT2D eigenvalue weighted by Crippen LogP contribution is -2.40. The fourth-order valence-electron chi connectivity index (χ4n) is 5.49. The Morgan fingerprint density at radius 3 is 2.57 bits per heavy atom. The SMILES string of the molecule is Cc1cnc2c(NC(=O)C3CC3)cc(C(=O)CC[C@](C)(O)c3cc4c(c(-c5ccc(F)cc5)n3)OC[C@]4(C)C(N)=O)cc2c1. The number of benzene rings is 2. The van der Waals surface area contributed by atoms with E-state index in [1.54, 1.807) is 50.4 Å². The molecule has 4 N–H and O–H groups in total. The second kappa shape index (κ2) is 10.8. The van der Waals surface area contributed by atoms with Gasteiger partial charge in [-0.3, -0.25) is 19.4 Å². The number of carbonyl (C=O) groups excluding carboxylic acids is 3. The first-order valence-corrected chi connectivity index (χ1v) is 14.6. The number of rotatable bonds is 9. The lowest BCUT2D eigenvalue weighted by atomic mass is 9.81. The first-order valence-electron chi connectivity index (χ1n) is 14.6. The highest BCUT2D eigenvalue weighted by Gasteiger charge is 2.45. The molecule has 1 fully saturated rings. The van der Waals surface area contributed by atoms with Gasteiger partial charge in [-0.25, -0.2) is 9.37 Å². The molecule has 2 aliphatic rings. The van der Waals surface area contributed by atoms with Crippen molar-refractivity contribution in [1.82, 2.24) is 9.97 Å². The third-order valence-electron chi connectivity index (χ3n) is 8.57. The van der Waals surface area contributed by atoms with E-state index in [1.807, 2.05) is 13.0 Å². The van der Waals surface area contributed by atoms with E-state index >= 15 is 0 Å². The molecule has 2 aromatic heterocycles. The highest BCUT2D eigenvalue weighted by Crippen LogP contribution is 2.46. The summed E-state index contributed by atoms with van der Waals surface area (Å²) in [5.74, 6) is -1.03. The molecule has 0 spiro atoms. The molecule has 2 aromatic carbocycles. The summed E-state index contributed by atoms with van der Waals surface area (Å²) >= 11 is 0. The van der Waals surface area contributed by atoms with Crippen LogP contribution in [0.15, 0.2) is 54.7 Å². The average Bonchev–Trinajstić information content (AvgIpc) is 3.79. The minimum Gasteiger partial charge on any atom is -0.489 e. The fourth-order valence-corrected chi connectivity index (χ4v) is 5.49. The van der Waals surface area contributed by atoms with Crippen LogP contribution in [-0.4, -0.2) is 39.3 Å². The molecule has 3 heterocycles. The number of ketones is 1. The normalized spacial score (nSPS) is 18.8. The van der Waals surface area contributed by atoms with Crippen LogP contribution in [0, 0.1) is 18.7 Å². The number of nitrogens with one attached hydrogen (secondary N) is 1. The number of hydrogen-bond acceptors (Lipinski definition) is 7. The fraction of sp³-hybridized carbons (Fsp3) is 0.324. The maximum Gasteiger partial charge on any atom is 0.231 e. The van der Waals surface area contributed by atoms with Gasteiger partial charge < -0.3 is 20.9 Å². The summed E-state index contributed by atoms with van der Waals surface area (Å²) in [6.45, 7) is 5.11. The van der Waals surface area contributed by atoms with E-state index in [1.165, 1.54) is 12.1 Å². The Hall–Kier alpha value is -4.70. The predicted molar refractivity (Wildman–Crippen MR) is 163 cm³/mol. The van der Waals surface area contributed by atoms with Crippen molar-refractivity contribution in [3.05, 3.63) is 82.9 Å². The van der Waals surface area contributed by atoms with Gasteiger partial charge in [0.15, 0.2) is 5.78 Å². The third kappa shape index (κ3) is 5.41. The Morgan fingerprint density at radius 1 is 1.16 bits per heavy atom. The second-order valence-corrected chi connectivity index (χ2v) is 12.3. The number of primary amides is 1. The summed E-state index contributed by atoms with van der Waals surface area (Å²) in [5, 5.41) is 15.4. The van der Waals surface area contributed by atoms with E-state index in [0.29, 0.717) is 39.3 Å². The van der Waals surface area contributed by atoms with Gasteiger partial charge in [-0.1, -0.05) is 0 Å². The highest BCUT2D eigenvalue weighted by molar-refractivity contribution is 6.07. The van der Waals surface area contributed by atoms with Gasteiger partial charge in [0.1, 0.15) is 34.9 Å². The first kappa shape index (κ1) is 29.4. The molecular weight excluding hydrogens is 563 g/mol. The molecule has 4 aromatic rings. The lowest BCUT2D eigenvalue weighted by molar-refractivity contribution is -0.123. The van der Waals surface area contributed by atoms with Crippen LogP contribution in [0.1, 0.15) is 66.7 Å². The highest BCUT2D eigenvalue weighted by atomic mass is 19.1. The number of amides is 2. The van der Waals surface area contributed by atoms with E-state index in [9.17, 15) is 23.9 Å². The minimum absolute atomic E-state index is 0.00247. The van der Waals surface area contributed by atoms with Crippen LogP contribution in [0.25, 0.3) is 22.2 Å². The van der Waals surface area contributed by atoms with Crippen LogP contribution in [0.2, 0.25) is 0 Å². The van der Waals surface area contributed by atoms with Gasteiger partial charge in [0.25, 0.3) is 0 Å². The summed E-state index contributed by atoms with van der Waals surface area (Å²) in [6, 6.07) is 12.5. The van der Waals surface area contributed by atoms with E-state index in [4.69, 9.17) is 15.5 Å². The number of carbonyl (C=O) groups is 3. The largest absolute Gasteiger partial charge is 0.489 e. The quantitative estimate of drug-likeness (QED) is 0.228. The van der Waals surface area contributed by atoms with Crippen molar-refractivity contribution in [2.45, 2.75) is 57.5 Å². The second-order valence-electron chi connectivity index (χ2n) is 12.3. The molecule has 1 aliphatic heterocycles. The molecule has 0 unspecified atom stereocenters. The predicted octanol–water partition coefficient (Wildman–Crippen LogP) is 5.10. The minimum atomic E-state index is -1.60. The number of anilines is 1. The molecule has 0 saturated heterocycles. The number of hydrogen-bond donors (Lipinski definition) is 3. The number of nitrogens with zero attached hydrogens (tertiary/aromatic N) is 2. The Kier molecular flexibility index (Phi) is 7.20. The van der Waals surface area contributed by atoms with Crippen LogP contribution in [0.3, 0.4) is 0 Å². The summed E-state index contributed by atoms with van der Waals surface area (Å²) in [5.41, 5.74) is 6.92. The number of Topliss-reactive ketones (excluding diaryl/α,β-unsaturated/α-hetero) is 1. The number of fused-ring (bicyclic) bond motifs is 2. The van der Waals surface area contributed by atoms with Gasteiger partial charge in [-0.05, 0) is 94.1 Å². The molecule has 44 heavy (non-hydrogen) atoms. The van der Waals surface area contributed by atoms with Crippen molar-refractivity contribution in [2.24, 2.45) is 11.7 Å². The third-order valence-corrected chi connectivity index (χ3v) is 8.57. The Labute approximate surface area is 253 Å². The molecule has 1 aliphatic carbocycles. The number of aliphatic hydroxyl groups is 1. The van der Waals surface area contributed by atoms with Crippen molar-refractivity contribution < 1.29 is 28.6 Å². The molecule has 0 radical (unpaired) electrons. The molecular formula is C34H33FN4O5. The van der Waals surface area contributed by atoms with Crippen LogP contribution in [-0.2, 0) is 20.6 Å². The first-order chi connectivity index (χ1) is 20.9. The molecule has 1 saturated carbocycles. The summed E-state index contributed by atoms with van der Waals surface area (Å²) in [7, 11) is 0. The monoisotopic (exact) mass is 596 g/mol. The summed E-state index contributed by atoms with van der Waals surface area (Å²) in [4.78, 5) is 47.8. The summed E-state index contributed by atoms with van der Waals surface area (Å²) < 4.78 is 19.6. The Bertz CT molecular complexity index is 1830. The molecule has 9 nitrogen and oxygen atoms in total. The number of pyridine rings is 2. The van der Waals surface area contributed by atoms with E-state index < -0.39 is 22.7 Å². The van der Waals surface area contributed by atoms with Crippen molar-refractivity contribution in [3.63, 3.8) is 0 Å². The molecule has 6 rings (SSSR count). The zero-order chi connectivity index (χ0) is 31.4. The smallest absolute Gasteiger partial charge is 0.231 e. The van der Waals surface area contributed by atoms with Crippen LogP contribution in [0.4, 0.5) is 10.1 Å². The average molecular weight is 597 g/mol. The van der Waals surface area contributed by atoms with Crippen LogP contribution < -0.4 is 15.8 Å². The number of aromatic nitrogens is 2. The van der Waals surface area contributed by atoms with Crippen molar-refractivity contribution in [1.29, 1.82) is 0 Å². The van der Waals surface area contributed by atoms with Crippen molar-refractivity contribution in [2.75, 3.05) is 11.9 Å². The Morgan fingerprint density at radius 2 is 1.89 bits per heavy atom. The molecule has 10 heteroatoms. The van der Waals surface area contributed by atoms with E-state index in [-0.39, 0.29) is 42.8 Å². The van der Waals surface area contributed by atoms with Gasteiger partial charge >= 0.3 is 0 Å². The lowest BCUT2D eigenvalue weighted by Gasteiger charge is -2.26. The number of ether oxygens (including phenoxy) is 1. The van der Waals surface area contributed by atoms with Gasteiger partial charge in [0.2, 0.25) is 11.8 Å².